The fourth-order valence-electron chi connectivity index (χ4n) is 3.11. The highest BCUT2D eigenvalue weighted by Gasteiger charge is 2.36. The van der Waals surface area contributed by atoms with Crippen LogP contribution in [0.5, 0.6) is 0 Å². The molecule has 2 heteroatoms. The largest absolute Gasteiger partial charge is 0.312 e. The first-order chi connectivity index (χ1) is 8.80. The Hall–Kier alpha value is -0.890. The highest BCUT2D eigenvalue weighted by Crippen LogP contribution is 2.45. The second-order valence-electron chi connectivity index (χ2n) is 7.55. The lowest BCUT2D eigenvalue weighted by Gasteiger charge is -2.33. The predicted octanol–water partition coefficient (Wildman–Crippen LogP) is 3.92. The van der Waals surface area contributed by atoms with E-state index in [-0.39, 0.29) is 5.54 Å². The molecule has 2 nitrogen and oxygen atoms in total. The van der Waals surface area contributed by atoms with Crippen LogP contribution in [0.15, 0.2) is 18.3 Å². The van der Waals surface area contributed by atoms with E-state index in [0.717, 1.165) is 6.54 Å². The van der Waals surface area contributed by atoms with Gasteiger partial charge in [-0.3, -0.25) is 4.98 Å². The summed E-state index contributed by atoms with van der Waals surface area (Å²) in [5.74, 6) is 0.616. The Morgan fingerprint density at radius 1 is 1.26 bits per heavy atom. The molecule has 0 radical (unpaired) electrons. The van der Waals surface area contributed by atoms with Crippen molar-refractivity contribution in [2.24, 2.45) is 5.41 Å². The minimum absolute atomic E-state index is 0.210. The molecule has 0 bridgehead atoms. The van der Waals surface area contributed by atoms with Crippen LogP contribution in [-0.2, 0) is 6.42 Å². The smallest absolute Gasteiger partial charge is 0.0471 e. The Labute approximate surface area is 118 Å². The number of pyridine rings is 1. The van der Waals surface area contributed by atoms with Crippen LogP contribution in [0.25, 0.3) is 0 Å². The van der Waals surface area contributed by atoms with E-state index in [2.05, 4.69) is 57.1 Å². The van der Waals surface area contributed by atoms with Gasteiger partial charge < -0.3 is 5.32 Å². The summed E-state index contributed by atoms with van der Waals surface area (Å²) in [5, 5.41) is 3.61. The Balaban J connectivity index is 2.01. The fourth-order valence-corrected chi connectivity index (χ4v) is 3.11. The third-order valence-corrected chi connectivity index (χ3v) is 4.33. The second kappa shape index (κ2) is 5.24. The van der Waals surface area contributed by atoms with E-state index < -0.39 is 0 Å². The number of hydrogen-bond acceptors (Lipinski definition) is 2. The number of rotatable bonds is 4. The molecule has 1 aliphatic rings. The molecule has 106 valence electrons. The Kier molecular flexibility index (Phi) is 4.00. The molecule has 2 rings (SSSR count). The van der Waals surface area contributed by atoms with Crippen LogP contribution in [0.4, 0.5) is 0 Å². The van der Waals surface area contributed by atoms with Gasteiger partial charge in [0.05, 0.1) is 0 Å². The summed E-state index contributed by atoms with van der Waals surface area (Å²) in [5.41, 5.74) is 3.34. The number of aryl methyl sites for hydroxylation is 1. The van der Waals surface area contributed by atoms with Gasteiger partial charge in [-0.2, -0.15) is 0 Å². The van der Waals surface area contributed by atoms with E-state index >= 15 is 0 Å². The average Bonchev–Trinajstić information content (AvgIpc) is 2.71. The maximum atomic E-state index is 4.64. The van der Waals surface area contributed by atoms with Gasteiger partial charge in [0.15, 0.2) is 0 Å². The molecule has 1 aromatic heterocycles. The molecular formula is C17H28N2. The van der Waals surface area contributed by atoms with E-state index in [9.17, 15) is 0 Å². The molecule has 0 saturated heterocycles. The van der Waals surface area contributed by atoms with E-state index in [1.165, 1.54) is 30.5 Å². The number of hydrogen-bond donors (Lipinski definition) is 1. The maximum absolute atomic E-state index is 4.64. The zero-order valence-corrected chi connectivity index (χ0v) is 13.1. The van der Waals surface area contributed by atoms with Crippen LogP contribution in [0.2, 0.25) is 0 Å². The first-order valence-corrected chi connectivity index (χ1v) is 7.48. The van der Waals surface area contributed by atoms with Crippen molar-refractivity contribution in [2.75, 3.05) is 6.54 Å². The van der Waals surface area contributed by atoms with Crippen LogP contribution in [0.1, 0.15) is 64.6 Å². The van der Waals surface area contributed by atoms with Crippen molar-refractivity contribution < 1.29 is 0 Å². The summed E-state index contributed by atoms with van der Waals surface area (Å²) in [4.78, 5) is 4.64. The molecule has 0 saturated carbocycles. The second-order valence-corrected chi connectivity index (χ2v) is 7.55. The van der Waals surface area contributed by atoms with Gasteiger partial charge in [0.2, 0.25) is 0 Å². The molecule has 0 fully saturated rings. The van der Waals surface area contributed by atoms with Gasteiger partial charge >= 0.3 is 0 Å². The third-order valence-electron chi connectivity index (χ3n) is 4.33. The van der Waals surface area contributed by atoms with Crippen LogP contribution in [-0.4, -0.2) is 17.1 Å². The van der Waals surface area contributed by atoms with Crippen molar-refractivity contribution >= 4 is 0 Å². The summed E-state index contributed by atoms with van der Waals surface area (Å²) in [6, 6.07) is 4.31. The van der Waals surface area contributed by atoms with Gasteiger partial charge in [-0.05, 0) is 63.6 Å². The molecule has 1 aromatic rings. The van der Waals surface area contributed by atoms with E-state index in [1.54, 1.807) is 0 Å². The van der Waals surface area contributed by atoms with Gasteiger partial charge in [-0.1, -0.05) is 19.9 Å². The SMILES string of the molecule is CC(C)(C)NCCC(C)(C)C1CCc2cccnc21. The normalized spacial score (nSPS) is 19.5. The van der Waals surface area contributed by atoms with Gasteiger partial charge in [-0.25, -0.2) is 0 Å². The van der Waals surface area contributed by atoms with Gasteiger partial charge in [-0.15, -0.1) is 0 Å². The molecule has 1 heterocycles. The Morgan fingerprint density at radius 3 is 2.68 bits per heavy atom. The lowest BCUT2D eigenvalue weighted by Crippen LogP contribution is -2.38. The highest BCUT2D eigenvalue weighted by atomic mass is 14.9. The van der Waals surface area contributed by atoms with Crippen LogP contribution < -0.4 is 5.32 Å². The van der Waals surface area contributed by atoms with Gasteiger partial charge in [0.25, 0.3) is 0 Å². The molecule has 1 N–H and O–H groups in total. The lowest BCUT2D eigenvalue weighted by molar-refractivity contribution is 0.243. The summed E-state index contributed by atoms with van der Waals surface area (Å²) in [6.07, 6.45) is 5.60. The van der Waals surface area contributed by atoms with Crippen molar-refractivity contribution in [3.8, 4) is 0 Å². The molecule has 1 aliphatic carbocycles. The minimum atomic E-state index is 0.210. The molecule has 1 unspecified atom stereocenters. The quantitative estimate of drug-likeness (QED) is 0.887. The number of nitrogens with one attached hydrogen (secondary N) is 1. The number of nitrogens with zero attached hydrogens (tertiary/aromatic N) is 1. The molecule has 19 heavy (non-hydrogen) atoms. The molecule has 1 atom stereocenters. The fraction of sp³-hybridized carbons (Fsp3) is 0.706. The average molecular weight is 260 g/mol. The van der Waals surface area contributed by atoms with Crippen LogP contribution >= 0.6 is 0 Å². The topological polar surface area (TPSA) is 24.9 Å². The first kappa shape index (κ1) is 14.5. The molecule has 0 spiro atoms. The van der Waals surface area contributed by atoms with Crippen molar-refractivity contribution in [1.82, 2.24) is 10.3 Å². The molecular weight excluding hydrogens is 232 g/mol. The lowest BCUT2D eigenvalue weighted by atomic mass is 9.74. The predicted molar refractivity (Wildman–Crippen MR) is 81.5 cm³/mol. The zero-order valence-electron chi connectivity index (χ0n) is 13.1. The van der Waals surface area contributed by atoms with Crippen molar-refractivity contribution in [3.63, 3.8) is 0 Å². The third kappa shape index (κ3) is 3.56. The summed E-state index contributed by atoms with van der Waals surface area (Å²) < 4.78 is 0. The molecule has 0 amide bonds. The minimum Gasteiger partial charge on any atom is -0.312 e. The van der Waals surface area contributed by atoms with Gasteiger partial charge in [0, 0.05) is 23.3 Å². The Morgan fingerprint density at radius 2 is 2.00 bits per heavy atom. The standard InChI is InChI=1S/C17H28N2/c1-16(2,3)19-12-10-17(4,5)14-9-8-13-7-6-11-18-15(13)14/h6-7,11,14,19H,8-10,12H2,1-5H3. The van der Waals surface area contributed by atoms with Crippen LogP contribution in [0, 0.1) is 5.41 Å². The number of aromatic nitrogens is 1. The monoisotopic (exact) mass is 260 g/mol. The van der Waals surface area contributed by atoms with Crippen molar-refractivity contribution in [2.45, 2.75) is 65.3 Å². The molecule has 0 aliphatic heterocycles. The van der Waals surface area contributed by atoms with E-state index in [4.69, 9.17) is 0 Å². The van der Waals surface area contributed by atoms with Gasteiger partial charge in [0.1, 0.15) is 0 Å². The van der Waals surface area contributed by atoms with Crippen molar-refractivity contribution in [3.05, 3.63) is 29.6 Å². The van der Waals surface area contributed by atoms with E-state index in [0.29, 0.717) is 11.3 Å². The maximum Gasteiger partial charge on any atom is 0.0471 e. The van der Waals surface area contributed by atoms with E-state index in [1.807, 2.05) is 6.20 Å². The summed E-state index contributed by atoms with van der Waals surface area (Å²) >= 11 is 0. The van der Waals surface area contributed by atoms with Crippen LogP contribution in [0.3, 0.4) is 0 Å². The molecule has 0 aromatic carbocycles. The summed E-state index contributed by atoms with van der Waals surface area (Å²) in [6.45, 7) is 12.6. The summed E-state index contributed by atoms with van der Waals surface area (Å²) in [7, 11) is 0. The zero-order chi connectivity index (χ0) is 14.1. The Bertz CT molecular complexity index is 429. The number of fused-ring (bicyclic) bond motifs is 1. The highest BCUT2D eigenvalue weighted by molar-refractivity contribution is 5.30. The first-order valence-electron chi connectivity index (χ1n) is 7.48. The van der Waals surface area contributed by atoms with Crippen molar-refractivity contribution in [1.29, 1.82) is 0 Å².